The largest absolute Gasteiger partial charge is 0.483 e. The lowest BCUT2D eigenvalue weighted by Crippen LogP contribution is -2.33. The van der Waals surface area contributed by atoms with E-state index < -0.39 is 0 Å². The Bertz CT molecular complexity index is 584. The molecule has 0 bridgehead atoms. The molecule has 1 aromatic carbocycles. The quantitative estimate of drug-likeness (QED) is 0.745. The van der Waals surface area contributed by atoms with Gasteiger partial charge in [0.05, 0.1) is 0 Å². The topological polar surface area (TPSA) is 58.6 Å². The summed E-state index contributed by atoms with van der Waals surface area (Å²) >= 11 is 0. The number of aryl methyl sites for hydroxylation is 1. The molecule has 0 aromatic heterocycles. The molecule has 0 unspecified atom stereocenters. The molecule has 5 heteroatoms. The Morgan fingerprint density at radius 1 is 1.38 bits per heavy atom. The summed E-state index contributed by atoms with van der Waals surface area (Å²) in [6.07, 6.45) is 2.39. The number of benzene rings is 1. The first-order valence-electron chi connectivity index (χ1n) is 8.75. The van der Waals surface area contributed by atoms with E-state index in [0.717, 1.165) is 37.2 Å². The van der Waals surface area contributed by atoms with Crippen LogP contribution in [0, 0.1) is 6.92 Å². The van der Waals surface area contributed by atoms with Gasteiger partial charge in [-0.05, 0) is 42.9 Å². The van der Waals surface area contributed by atoms with E-state index in [9.17, 15) is 9.59 Å². The fourth-order valence-corrected chi connectivity index (χ4v) is 2.76. The molecular formula is C19H28N2O3. The van der Waals surface area contributed by atoms with Crippen LogP contribution in [0.5, 0.6) is 5.75 Å². The van der Waals surface area contributed by atoms with Crippen molar-refractivity contribution in [1.82, 2.24) is 10.2 Å². The number of hydrogen-bond donors (Lipinski definition) is 1. The lowest BCUT2D eigenvalue weighted by atomic mass is 10.0. The summed E-state index contributed by atoms with van der Waals surface area (Å²) in [6, 6.07) is 6.12. The van der Waals surface area contributed by atoms with Crippen molar-refractivity contribution in [2.75, 3.05) is 26.2 Å². The number of amides is 2. The van der Waals surface area contributed by atoms with Gasteiger partial charge in [-0.2, -0.15) is 0 Å². The fraction of sp³-hybridized carbons (Fsp3) is 0.579. The first kappa shape index (κ1) is 18.3. The number of nitrogens with zero attached hydrogens (tertiary/aromatic N) is 1. The Morgan fingerprint density at radius 3 is 2.83 bits per heavy atom. The van der Waals surface area contributed by atoms with Crippen LogP contribution in [0.15, 0.2) is 18.2 Å². The summed E-state index contributed by atoms with van der Waals surface area (Å²) in [7, 11) is 0. The van der Waals surface area contributed by atoms with Gasteiger partial charge in [0.25, 0.3) is 5.91 Å². The van der Waals surface area contributed by atoms with Crippen LogP contribution in [0.25, 0.3) is 0 Å². The molecule has 0 aliphatic carbocycles. The summed E-state index contributed by atoms with van der Waals surface area (Å²) in [6.45, 7) is 8.39. The van der Waals surface area contributed by atoms with Gasteiger partial charge in [0, 0.05) is 26.1 Å². The maximum Gasteiger partial charge on any atom is 0.257 e. The minimum atomic E-state index is -0.128. The van der Waals surface area contributed by atoms with Gasteiger partial charge in [0.15, 0.2) is 6.61 Å². The van der Waals surface area contributed by atoms with E-state index in [1.165, 1.54) is 5.56 Å². The number of nitrogens with one attached hydrogen (secondary N) is 1. The van der Waals surface area contributed by atoms with Gasteiger partial charge in [-0.3, -0.25) is 9.59 Å². The average Bonchev–Trinajstić information content (AvgIpc) is 2.95. The predicted molar refractivity (Wildman–Crippen MR) is 94.2 cm³/mol. The van der Waals surface area contributed by atoms with Gasteiger partial charge in [-0.25, -0.2) is 0 Å². The van der Waals surface area contributed by atoms with Crippen LogP contribution in [0.2, 0.25) is 0 Å². The van der Waals surface area contributed by atoms with Crippen molar-refractivity contribution in [2.24, 2.45) is 0 Å². The summed E-state index contributed by atoms with van der Waals surface area (Å²) in [5.41, 5.74) is 2.23. The highest BCUT2D eigenvalue weighted by Gasteiger charge is 2.19. The highest BCUT2D eigenvalue weighted by molar-refractivity contribution is 5.78. The maximum absolute atomic E-state index is 11.9. The molecule has 0 saturated carbocycles. The first-order chi connectivity index (χ1) is 11.5. The molecular weight excluding hydrogens is 304 g/mol. The summed E-state index contributed by atoms with van der Waals surface area (Å²) in [4.78, 5) is 25.2. The molecule has 0 spiro atoms. The van der Waals surface area contributed by atoms with E-state index in [4.69, 9.17) is 4.74 Å². The normalized spacial score (nSPS) is 14.3. The van der Waals surface area contributed by atoms with Crippen molar-refractivity contribution in [3.8, 4) is 5.75 Å². The van der Waals surface area contributed by atoms with Gasteiger partial charge in [-0.1, -0.05) is 26.0 Å². The standard InChI is InChI=1S/C19H28N2O3/c1-14(2)16-8-7-15(3)17(12-16)24-13-18(22)20-9-5-11-21-10-4-6-19(21)23/h7-8,12,14H,4-6,9-11,13H2,1-3H3,(H,20,22). The number of carbonyl (C=O) groups excluding carboxylic acids is 2. The van der Waals surface area contributed by atoms with Crippen LogP contribution in [0.1, 0.15) is 50.2 Å². The number of likely N-dealkylation sites (tertiary alicyclic amines) is 1. The summed E-state index contributed by atoms with van der Waals surface area (Å²) in [5, 5.41) is 2.85. The van der Waals surface area contributed by atoms with E-state index >= 15 is 0 Å². The molecule has 2 rings (SSSR count). The zero-order chi connectivity index (χ0) is 17.5. The molecule has 1 fully saturated rings. The van der Waals surface area contributed by atoms with E-state index in [-0.39, 0.29) is 18.4 Å². The Morgan fingerprint density at radius 2 is 2.17 bits per heavy atom. The zero-order valence-corrected chi connectivity index (χ0v) is 14.9. The molecule has 0 atom stereocenters. The molecule has 24 heavy (non-hydrogen) atoms. The first-order valence-corrected chi connectivity index (χ1v) is 8.75. The second-order valence-corrected chi connectivity index (χ2v) is 6.66. The lowest BCUT2D eigenvalue weighted by molar-refractivity contribution is -0.127. The zero-order valence-electron chi connectivity index (χ0n) is 14.9. The third-order valence-electron chi connectivity index (χ3n) is 4.34. The lowest BCUT2D eigenvalue weighted by Gasteiger charge is -2.15. The summed E-state index contributed by atoms with van der Waals surface area (Å²) in [5.74, 6) is 1.29. The number of rotatable bonds is 8. The Hall–Kier alpha value is -2.04. The molecule has 1 aliphatic rings. The van der Waals surface area contributed by atoms with Gasteiger partial charge >= 0.3 is 0 Å². The fourth-order valence-electron chi connectivity index (χ4n) is 2.76. The van der Waals surface area contributed by atoms with Crippen molar-refractivity contribution in [2.45, 2.75) is 46.0 Å². The molecule has 1 aromatic rings. The van der Waals surface area contributed by atoms with Crippen LogP contribution in [0.3, 0.4) is 0 Å². The minimum absolute atomic E-state index is 0.0189. The molecule has 1 N–H and O–H groups in total. The monoisotopic (exact) mass is 332 g/mol. The predicted octanol–water partition coefficient (Wildman–Crippen LogP) is 2.63. The van der Waals surface area contributed by atoms with Gasteiger partial charge in [-0.15, -0.1) is 0 Å². The van der Waals surface area contributed by atoms with Crippen molar-refractivity contribution in [3.05, 3.63) is 29.3 Å². The van der Waals surface area contributed by atoms with Gasteiger partial charge < -0.3 is 15.0 Å². The molecule has 1 aliphatic heterocycles. The van der Waals surface area contributed by atoms with Crippen LogP contribution in [-0.4, -0.2) is 43.0 Å². The van der Waals surface area contributed by atoms with Crippen molar-refractivity contribution in [3.63, 3.8) is 0 Å². The third kappa shape index (κ3) is 5.25. The van der Waals surface area contributed by atoms with Crippen LogP contribution >= 0.6 is 0 Å². The van der Waals surface area contributed by atoms with Crippen molar-refractivity contribution >= 4 is 11.8 Å². The van der Waals surface area contributed by atoms with Crippen LogP contribution < -0.4 is 10.1 Å². The van der Waals surface area contributed by atoms with Crippen molar-refractivity contribution < 1.29 is 14.3 Å². The Balaban J connectivity index is 1.69. The Labute approximate surface area is 144 Å². The molecule has 1 saturated heterocycles. The van der Waals surface area contributed by atoms with E-state index in [1.54, 1.807) is 0 Å². The minimum Gasteiger partial charge on any atom is -0.483 e. The van der Waals surface area contributed by atoms with Gasteiger partial charge in [0.1, 0.15) is 5.75 Å². The highest BCUT2D eigenvalue weighted by Crippen LogP contribution is 2.24. The molecule has 2 amide bonds. The molecule has 132 valence electrons. The van der Waals surface area contributed by atoms with Gasteiger partial charge in [0.2, 0.25) is 5.91 Å². The number of hydrogen-bond acceptors (Lipinski definition) is 3. The Kier molecular flexibility index (Phi) is 6.64. The smallest absolute Gasteiger partial charge is 0.257 e. The van der Waals surface area contributed by atoms with E-state index in [2.05, 4.69) is 25.2 Å². The SMILES string of the molecule is Cc1ccc(C(C)C)cc1OCC(=O)NCCCN1CCCC1=O. The van der Waals surface area contributed by atoms with E-state index in [0.29, 0.717) is 18.9 Å². The summed E-state index contributed by atoms with van der Waals surface area (Å²) < 4.78 is 5.66. The average molecular weight is 332 g/mol. The van der Waals surface area contributed by atoms with Crippen molar-refractivity contribution in [1.29, 1.82) is 0 Å². The van der Waals surface area contributed by atoms with Crippen LogP contribution in [0.4, 0.5) is 0 Å². The van der Waals surface area contributed by atoms with E-state index in [1.807, 2.05) is 24.0 Å². The third-order valence-corrected chi connectivity index (χ3v) is 4.34. The number of ether oxygens (including phenoxy) is 1. The van der Waals surface area contributed by atoms with Crippen LogP contribution in [-0.2, 0) is 9.59 Å². The molecule has 1 heterocycles. The number of carbonyl (C=O) groups is 2. The second kappa shape index (κ2) is 8.71. The second-order valence-electron chi connectivity index (χ2n) is 6.66. The highest BCUT2D eigenvalue weighted by atomic mass is 16.5. The maximum atomic E-state index is 11.9. The molecule has 5 nitrogen and oxygen atoms in total. The molecule has 0 radical (unpaired) electrons.